The van der Waals surface area contributed by atoms with Gasteiger partial charge in [-0.15, -0.1) is 0 Å². The van der Waals surface area contributed by atoms with Crippen molar-refractivity contribution in [1.82, 2.24) is 4.98 Å². The Hall–Kier alpha value is -0.890. The van der Waals surface area contributed by atoms with E-state index in [2.05, 4.69) is 24.9 Å². The Kier molecular flexibility index (Phi) is 5.33. The van der Waals surface area contributed by atoms with E-state index < -0.39 is 0 Å². The Bertz CT molecular complexity index is 297. The van der Waals surface area contributed by atoms with Crippen molar-refractivity contribution >= 4 is 0 Å². The van der Waals surface area contributed by atoms with E-state index in [4.69, 9.17) is 5.11 Å². The number of aromatic nitrogens is 1. The lowest BCUT2D eigenvalue weighted by atomic mass is 10.1. The number of nitrogens with zero attached hydrogens (tertiary/aromatic N) is 1. The van der Waals surface area contributed by atoms with Gasteiger partial charge in [-0.05, 0) is 37.5 Å². The maximum atomic E-state index is 9.03. The summed E-state index contributed by atoms with van der Waals surface area (Å²) in [5.41, 5.74) is 3.11. The minimum absolute atomic E-state index is 0.0453. The van der Waals surface area contributed by atoms with Gasteiger partial charge in [0.25, 0.3) is 0 Å². The molecule has 1 N–H and O–H groups in total. The van der Waals surface area contributed by atoms with Crippen LogP contribution in [0.2, 0.25) is 0 Å². The fraction of sp³-hybridized carbons (Fsp3) is 0.615. The van der Waals surface area contributed by atoms with Crippen molar-refractivity contribution in [1.29, 1.82) is 0 Å². The van der Waals surface area contributed by atoms with Crippen LogP contribution in [0.1, 0.15) is 49.6 Å². The Labute approximate surface area is 92.4 Å². The molecule has 0 fully saturated rings. The Morgan fingerprint density at radius 2 is 1.87 bits per heavy atom. The highest BCUT2D eigenvalue weighted by atomic mass is 16.3. The first-order chi connectivity index (χ1) is 7.26. The van der Waals surface area contributed by atoms with E-state index in [1.807, 2.05) is 6.07 Å². The normalized spacial score (nSPS) is 10.6. The maximum absolute atomic E-state index is 9.03. The molecule has 0 amide bonds. The number of aliphatic hydroxyl groups excluding tert-OH is 1. The van der Waals surface area contributed by atoms with E-state index in [1.165, 1.54) is 31.2 Å². The highest BCUT2D eigenvalue weighted by molar-refractivity contribution is 5.19. The van der Waals surface area contributed by atoms with Gasteiger partial charge in [0.1, 0.15) is 0 Å². The Morgan fingerprint density at radius 3 is 2.53 bits per heavy atom. The first-order valence-corrected chi connectivity index (χ1v) is 5.83. The average Bonchev–Trinajstić information content (AvgIpc) is 2.23. The minimum Gasteiger partial charge on any atom is -0.390 e. The molecule has 15 heavy (non-hydrogen) atoms. The van der Waals surface area contributed by atoms with Crippen molar-refractivity contribution in [2.75, 3.05) is 0 Å². The second-order valence-corrected chi connectivity index (χ2v) is 4.10. The van der Waals surface area contributed by atoms with Gasteiger partial charge in [-0.1, -0.05) is 26.2 Å². The summed E-state index contributed by atoms with van der Waals surface area (Å²) in [4.78, 5) is 4.40. The highest BCUT2D eigenvalue weighted by Crippen LogP contribution is 2.09. The molecule has 1 rings (SSSR count). The zero-order chi connectivity index (χ0) is 11.1. The molecule has 0 aliphatic rings. The molecular weight excluding hydrogens is 186 g/mol. The van der Waals surface area contributed by atoms with Crippen LogP contribution in [-0.2, 0) is 13.0 Å². The van der Waals surface area contributed by atoms with Gasteiger partial charge >= 0.3 is 0 Å². The SMILES string of the molecule is CCCCCCc1cc(C)cc(CO)n1. The van der Waals surface area contributed by atoms with Crippen LogP contribution in [0.4, 0.5) is 0 Å². The topological polar surface area (TPSA) is 33.1 Å². The fourth-order valence-electron chi connectivity index (χ4n) is 1.76. The third-order valence-corrected chi connectivity index (χ3v) is 2.52. The van der Waals surface area contributed by atoms with Crippen molar-refractivity contribution in [2.24, 2.45) is 0 Å². The summed E-state index contributed by atoms with van der Waals surface area (Å²) in [6.45, 7) is 4.31. The van der Waals surface area contributed by atoms with Crippen LogP contribution in [0, 0.1) is 6.92 Å². The quantitative estimate of drug-likeness (QED) is 0.727. The Morgan fingerprint density at radius 1 is 1.13 bits per heavy atom. The predicted octanol–water partition coefficient (Wildman–Crippen LogP) is 3.01. The summed E-state index contributed by atoms with van der Waals surface area (Å²) in [6, 6.07) is 4.06. The number of aliphatic hydroxyl groups is 1. The molecule has 0 saturated carbocycles. The molecule has 0 aromatic carbocycles. The number of aryl methyl sites for hydroxylation is 2. The molecule has 1 aromatic rings. The molecule has 0 atom stereocenters. The van der Waals surface area contributed by atoms with Gasteiger partial charge < -0.3 is 5.11 Å². The molecular formula is C13H21NO. The largest absolute Gasteiger partial charge is 0.390 e. The highest BCUT2D eigenvalue weighted by Gasteiger charge is 1.99. The first kappa shape index (κ1) is 12.2. The number of hydrogen-bond acceptors (Lipinski definition) is 2. The number of hydrogen-bond donors (Lipinski definition) is 1. The van der Waals surface area contributed by atoms with Gasteiger partial charge in [0, 0.05) is 5.69 Å². The summed E-state index contributed by atoms with van der Waals surface area (Å²) in [5.74, 6) is 0. The molecule has 0 unspecified atom stereocenters. The molecule has 2 heteroatoms. The van der Waals surface area contributed by atoms with Crippen molar-refractivity contribution in [3.8, 4) is 0 Å². The van der Waals surface area contributed by atoms with E-state index in [1.54, 1.807) is 0 Å². The second-order valence-electron chi connectivity index (χ2n) is 4.10. The van der Waals surface area contributed by atoms with Gasteiger partial charge in [0.15, 0.2) is 0 Å². The van der Waals surface area contributed by atoms with Gasteiger partial charge in [-0.2, -0.15) is 0 Å². The van der Waals surface area contributed by atoms with Crippen molar-refractivity contribution < 1.29 is 5.11 Å². The fourth-order valence-corrected chi connectivity index (χ4v) is 1.76. The summed E-state index contributed by atoms with van der Waals surface area (Å²) in [5, 5.41) is 9.03. The summed E-state index contributed by atoms with van der Waals surface area (Å²) < 4.78 is 0. The lowest BCUT2D eigenvalue weighted by Gasteiger charge is -2.04. The molecule has 0 radical (unpaired) electrons. The first-order valence-electron chi connectivity index (χ1n) is 5.83. The van der Waals surface area contributed by atoms with Crippen LogP contribution in [-0.4, -0.2) is 10.1 Å². The van der Waals surface area contributed by atoms with Crippen molar-refractivity contribution in [3.05, 3.63) is 29.1 Å². The number of unbranched alkanes of at least 4 members (excludes halogenated alkanes) is 3. The summed E-state index contributed by atoms with van der Waals surface area (Å²) in [6.07, 6.45) is 6.09. The molecule has 2 nitrogen and oxygen atoms in total. The molecule has 1 aromatic heterocycles. The zero-order valence-corrected chi connectivity index (χ0v) is 9.79. The third-order valence-electron chi connectivity index (χ3n) is 2.52. The standard InChI is InChI=1S/C13H21NO/c1-3-4-5-6-7-12-8-11(2)9-13(10-15)14-12/h8-9,15H,3-7,10H2,1-2H3. The maximum Gasteiger partial charge on any atom is 0.0853 e. The van der Waals surface area contributed by atoms with Crippen LogP contribution in [0.3, 0.4) is 0 Å². The molecule has 0 bridgehead atoms. The monoisotopic (exact) mass is 207 g/mol. The summed E-state index contributed by atoms with van der Waals surface area (Å²) in [7, 11) is 0. The summed E-state index contributed by atoms with van der Waals surface area (Å²) >= 11 is 0. The van der Waals surface area contributed by atoms with Crippen molar-refractivity contribution in [2.45, 2.75) is 52.6 Å². The van der Waals surface area contributed by atoms with Gasteiger partial charge in [0.2, 0.25) is 0 Å². The molecule has 0 aliphatic heterocycles. The third kappa shape index (κ3) is 4.43. The number of rotatable bonds is 6. The molecule has 0 spiro atoms. The van der Waals surface area contributed by atoms with Crippen molar-refractivity contribution in [3.63, 3.8) is 0 Å². The van der Waals surface area contributed by atoms with Gasteiger partial charge in [-0.25, -0.2) is 0 Å². The molecule has 0 aliphatic carbocycles. The molecule has 84 valence electrons. The predicted molar refractivity (Wildman–Crippen MR) is 62.7 cm³/mol. The number of pyridine rings is 1. The minimum atomic E-state index is 0.0453. The lowest BCUT2D eigenvalue weighted by Crippen LogP contribution is -1.97. The van der Waals surface area contributed by atoms with E-state index >= 15 is 0 Å². The van der Waals surface area contributed by atoms with Crippen LogP contribution in [0.25, 0.3) is 0 Å². The van der Waals surface area contributed by atoms with E-state index in [9.17, 15) is 0 Å². The zero-order valence-electron chi connectivity index (χ0n) is 9.79. The second kappa shape index (κ2) is 6.57. The smallest absolute Gasteiger partial charge is 0.0853 e. The average molecular weight is 207 g/mol. The van der Waals surface area contributed by atoms with E-state index in [-0.39, 0.29) is 6.61 Å². The lowest BCUT2D eigenvalue weighted by molar-refractivity contribution is 0.276. The van der Waals surface area contributed by atoms with Gasteiger partial charge in [-0.3, -0.25) is 4.98 Å². The van der Waals surface area contributed by atoms with Crippen LogP contribution in [0.15, 0.2) is 12.1 Å². The van der Waals surface area contributed by atoms with E-state index in [0.717, 1.165) is 17.8 Å². The molecule has 1 heterocycles. The Balaban J connectivity index is 2.49. The molecule has 0 saturated heterocycles. The van der Waals surface area contributed by atoms with E-state index in [0.29, 0.717) is 0 Å². The van der Waals surface area contributed by atoms with Crippen LogP contribution < -0.4 is 0 Å². The van der Waals surface area contributed by atoms with Crippen LogP contribution >= 0.6 is 0 Å². The van der Waals surface area contributed by atoms with Crippen LogP contribution in [0.5, 0.6) is 0 Å². The van der Waals surface area contributed by atoms with Gasteiger partial charge in [0.05, 0.1) is 12.3 Å².